The van der Waals surface area contributed by atoms with Crippen LogP contribution in [-0.2, 0) is 18.3 Å². The highest BCUT2D eigenvalue weighted by atomic mass is 19.3. The summed E-state index contributed by atoms with van der Waals surface area (Å²) < 4.78 is 55.5. The van der Waals surface area contributed by atoms with Crippen LogP contribution in [-0.4, -0.2) is 41.2 Å². The van der Waals surface area contributed by atoms with Gasteiger partial charge in [0.2, 0.25) is 0 Å². The predicted molar refractivity (Wildman–Crippen MR) is 61.8 cm³/mol. The number of hydrogen-bond acceptors (Lipinski definition) is 4. The quantitative estimate of drug-likeness (QED) is 0.613. The topological polar surface area (TPSA) is 56.1 Å². The lowest BCUT2D eigenvalue weighted by Gasteiger charge is -2.16. The van der Waals surface area contributed by atoms with Crippen molar-refractivity contribution in [2.75, 3.05) is 13.2 Å². The van der Waals surface area contributed by atoms with Crippen LogP contribution in [0, 0.1) is 0 Å². The molecule has 0 radical (unpaired) electrons. The molecule has 0 aromatic carbocycles. The molecule has 0 aliphatic carbocycles. The van der Waals surface area contributed by atoms with E-state index in [9.17, 15) is 22.4 Å². The van der Waals surface area contributed by atoms with E-state index < -0.39 is 24.9 Å². The summed E-state index contributed by atoms with van der Waals surface area (Å²) in [4.78, 5) is 11.6. The molecular formula is C11H15F4N3O2. The predicted octanol–water partition coefficient (Wildman–Crippen LogP) is 1.59. The van der Waals surface area contributed by atoms with Gasteiger partial charge in [-0.15, -0.1) is 0 Å². The first-order valence-corrected chi connectivity index (χ1v) is 5.84. The number of halogens is 4. The van der Waals surface area contributed by atoms with Gasteiger partial charge in [0, 0.05) is 13.6 Å². The van der Waals surface area contributed by atoms with Crippen molar-refractivity contribution < 1.29 is 27.1 Å². The SMILES string of the molecule is CCOC(=O)c1cnn(C)c1CNCC(F)(F)C(F)F. The van der Waals surface area contributed by atoms with E-state index in [1.165, 1.54) is 17.9 Å². The summed E-state index contributed by atoms with van der Waals surface area (Å²) in [7, 11) is 1.50. The summed E-state index contributed by atoms with van der Waals surface area (Å²) in [5.41, 5.74) is 0.399. The Hall–Kier alpha value is -1.64. The fourth-order valence-corrected chi connectivity index (χ4v) is 1.48. The molecule has 20 heavy (non-hydrogen) atoms. The summed E-state index contributed by atoms with van der Waals surface area (Å²) in [6.45, 7) is 0.379. The number of carbonyl (C=O) groups is 1. The van der Waals surface area contributed by atoms with E-state index in [0.29, 0.717) is 0 Å². The first-order chi connectivity index (χ1) is 9.29. The van der Waals surface area contributed by atoms with Crippen LogP contribution in [0.2, 0.25) is 0 Å². The Kier molecular flexibility index (Phi) is 5.49. The Morgan fingerprint density at radius 1 is 1.55 bits per heavy atom. The Labute approximate surface area is 112 Å². The Balaban J connectivity index is 2.69. The standard InChI is InChI=1S/C11H15F4N3O2/c1-3-20-9(19)7-4-17-18(2)8(7)5-16-6-11(14,15)10(12)13/h4,10,16H,3,5-6H2,1-2H3. The van der Waals surface area contributed by atoms with Crippen molar-refractivity contribution in [3.8, 4) is 0 Å². The lowest BCUT2D eigenvalue weighted by Crippen LogP contribution is -2.39. The number of ether oxygens (including phenoxy) is 1. The number of aromatic nitrogens is 2. The van der Waals surface area contributed by atoms with Crippen molar-refractivity contribution in [3.63, 3.8) is 0 Å². The maximum absolute atomic E-state index is 12.7. The van der Waals surface area contributed by atoms with Crippen LogP contribution in [0.25, 0.3) is 0 Å². The van der Waals surface area contributed by atoms with E-state index in [0.717, 1.165) is 0 Å². The third-order valence-corrected chi connectivity index (χ3v) is 2.53. The first-order valence-electron chi connectivity index (χ1n) is 5.84. The average Bonchev–Trinajstić information content (AvgIpc) is 2.71. The molecule has 1 rings (SSSR count). The molecule has 0 saturated heterocycles. The lowest BCUT2D eigenvalue weighted by atomic mass is 10.2. The number of esters is 1. The molecule has 1 aromatic heterocycles. The molecule has 1 N–H and O–H groups in total. The van der Waals surface area contributed by atoms with Gasteiger partial charge in [-0.3, -0.25) is 4.68 Å². The Morgan fingerprint density at radius 2 is 2.20 bits per heavy atom. The molecule has 5 nitrogen and oxygen atoms in total. The maximum Gasteiger partial charge on any atom is 0.341 e. The molecule has 1 aromatic rings. The summed E-state index contributed by atoms with van der Waals surface area (Å²) in [5, 5.41) is 6.00. The molecule has 0 atom stereocenters. The number of aryl methyl sites for hydroxylation is 1. The minimum absolute atomic E-state index is 0.113. The number of nitrogens with zero attached hydrogens (tertiary/aromatic N) is 2. The minimum atomic E-state index is -4.12. The van der Waals surface area contributed by atoms with Crippen molar-refractivity contribution in [2.45, 2.75) is 25.8 Å². The Morgan fingerprint density at radius 3 is 2.75 bits per heavy atom. The minimum Gasteiger partial charge on any atom is -0.462 e. The zero-order valence-corrected chi connectivity index (χ0v) is 11.0. The van der Waals surface area contributed by atoms with Gasteiger partial charge in [0.05, 0.1) is 25.0 Å². The zero-order valence-electron chi connectivity index (χ0n) is 11.0. The van der Waals surface area contributed by atoms with Crippen molar-refractivity contribution in [1.82, 2.24) is 15.1 Å². The van der Waals surface area contributed by atoms with Crippen molar-refractivity contribution in [1.29, 1.82) is 0 Å². The third kappa shape index (κ3) is 3.92. The van der Waals surface area contributed by atoms with Gasteiger partial charge in [-0.25, -0.2) is 13.6 Å². The van der Waals surface area contributed by atoms with Gasteiger partial charge in [-0.2, -0.15) is 13.9 Å². The zero-order chi connectivity index (χ0) is 15.3. The monoisotopic (exact) mass is 297 g/mol. The average molecular weight is 297 g/mol. The lowest BCUT2D eigenvalue weighted by molar-refractivity contribution is -0.125. The van der Waals surface area contributed by atoms with E-state index >= 15 is 0 Å². The smallest absolute Gasteiger partial charge is 0.341 e. The molecule has 0 aliphatic heterocycles. The second-order valence-electron chi connectivity index (χ2n) is 4.01. The van der Waals surface area contributed by atoms with Crippen LogP contribution in [0.4, 0.5) is 17.6 Å². The number of alkyl halides is 4. The fourth-order valence-electron chi connectivity index (χ4n) is 1.48. The highest BCUT2D eigenvalue weighted by Gasteiger charge is 2.40. The molecule has 0 saturated carbocycles. The third-order valence-electron chi connectivity index (χ3n) is 2.53. The van der Waals surface area contributed by atoms with Gasteiger partial charge in [0.1, 0.15) is 5.56 Å². The van der Waals surface area contributed by atoms with Crippen molar-refractivity contribution >= 4 is 5.97 Å². The molecule has 1 heterocycles. The summed E-state index contributed by atoms with van der Waals surface area (Å²) in [6.07, 6.45) is -2.51. The van der Waals surface area contributed by atoms with Crippen molar-refractivity contribution in [2.24, 2.45) is 7.05 Å². The van der Waals surface area contributed by atoms with E-state index in [1.54, 1.807) is 6.92 Å². The van der Waals surface area contributed by atoms with Crippen LogP contribution in [0.3, 0.4) is 0 Å². The van der Waals surface area contributed by atoms with Crippen LogP contribution in [0.1, 0.15) is 23.0 Å². The molecule has 9 heteroatoms. The molecule has 0 fully saturated rings. The normalized spacial score (nSPS) is 11.9. The van der Waals surface area contributed by atoms with E-state index in [4.69, 9.17) is 4.74 Å². The molecular weight excluding hydrogens is 282 g/mol. The molecule has 0 bridgehead atoms. The van der Waals surface area contributed by atoms with Crippen molar-refractivity contribution in [3.05, 3.63) is 17.5 Å². The number of carbonyl (C=O) groups excluding carboxylic acids is 1. The number of hydrogen-bond donors (Lipinski definition) is 1. The van der Waals surface area contributed by atoms with Gasteiger partial charge in [0.15, 0.2) is 0 Å². The highest BCUT2D eigenvalue weighted by molar-refractivity contribution is 5.90. The molecule has 114 valence electrons. The molecule has 0 spiro atoms. The number of nitrogens with one attached hydrogen (secondary N) is 1. The molecule has 0 unspecified atom stereocenters. The molecule has 0 amide bonds. The first kappa shape index (κ1) is 16.4. The van der Waals surface area contributed by atoms with Gasteiger partial charge >= 0.3 is 18.3 Å². The van der Waals surface area contributed by atoms with Gasteiger partial charge in [-0.1, -0.05) is 0 Å². The Bertz CT molecular complexity index is 463. The van der Waals surface area contributed by atoms with Gasteiger partial charge < -0.3 is 10.1 Å². The van der Waals surface area contributed by atoms with E-state index in [-0.39, 0.29) is 24.4 Å². The highest BCUT2D eigenvalue weighted by Crippen LogP contribution is 2.21. The summed E-state index contributed by atoms with van der Waals surface area (Å²) in [6, 6.07) is 0. The van der Waals surface area contributed by atoms with Gasteiger partial charge in [-0.05, 0) is 6.92 Å². The number of rotatable bonds is 7. The van der Waals surface area contributed by atoms with Gasteiger partial charge in [0.25, 0.3) is 0 Å². The summed E-state index contributed by atoms with van der Waals surface area (Å²) in [5.74, 6) is -4.76. The second kappa shape index (κ2) is 6.69. The van der Waals surface area contributed by atoms with E-state index in [1.807, 2.05) is 0 Å². The molecule has 0 aliphatic rings. The van der Waals surface area contributed by atoms with Crippen LogP contribution < -0.4 is 5.32 Å². The summed E-state index contributed by atoms with van der Waals surface area (Å²) >= 11 is 0. The largest absolute Gasteiger partial charge is 0.462 e. The maximum atomic E-state index is 12.7. The van der Waals surface area contributed by atoms with E-state index in [2.05, 4.69) is 10.4 Å². The second-order valence-corrected chi connectivity index (χ2v) is 4.01. The van der Waals surface area contributed by atoms with Crippen LogP contribution in [0.5, 0.6) is 0 Å². The van der Waals surface area contributed by atoms with Crippen LogP contribution >= 0.6 is 0 Å². The van der Waals surface area contributed by atoms with Crippen LogP contribution in [0.15, 0.2) is 6.20 Å². The fraction of sp³-hybridized carbons (Fsp3) is 0.636.